The summed E-state index contributed by atoms with van der Waals surface area (Å²) in [4.78, 5) is 42.8. The molecule has 43 heavy (non-hydrogen) atoms. The van der Waals surface area contributed by atoms with E-state index in [-0.39, 0.29) is 17.7 Å². The molecule has 226 valence electrons. The third-order valence-corrected chi connectivity index (χ3v) is 9.42. The Balaban J connectivity index is 1.34. The molecule has 2 fully saturated rings. The lowest BCUT2D eigenvalue weighted by atomic mass is 9.97. The smallest absolute Gasteiger partial charge is 0.282 e. The predicted molar refractivity (Wildman–Crippen MR) is 163 cm³/mol. The molecule has 0 unspecified atom stereocenters. The van der Waals surface area contributed by atoms with Crippen molar-refractivity contribution in [1.82, 2.24) is 29.4 Å². The molecule has 6 rings (SSSR count). The van der Waals surface area contributed by atoms with E-state index in [0.717, 1.165) is 23.7 Å². The first-order chi connectivity index (χ1) is 20.7. The van der Waals surface area contributed by atoms with Gasteiger partial charge < -0.3 is 14.7 Å². The maximum absolute atomic E-state index is 13.6. The van der Waals surface area contributed by atoms with E-state index in [2.05, 4.69) is 30.8 Å². The number of thiophene rings is 1. The van der Waals surface area contributed by atoms with E-state index < -0.39 is 25.1 Å². The van der Waals surface area contributed by atoms with Crippen molar-refractivity contribution in [3.05, 3.63) is 53.7 Å². The van der Waals surface area contributed by atoms with Crippen LogP contribution in [0, 0.1) is 0 Å². The standard InChI is InChI=1S/C31H35F2N7O2S/c1-4-37(5-2)20(3)8-9-26(41)21-15-24(22-17-34-40-13-10-23(36-29(22)40)27-7-6-14-43-27)35-28(16-21)39-12-11-25(39)30(42)38-18-31(32,33)19-38/h6-7,10,13-17,20,25H,4-5,8-9,11-12,18-19H2,1-3H3/t20-,25-/m0/s1. The summed E-state index contributed by atoms with van der Waals surface area (Å²) in [7, 11) is 0. The molecule has 2 atom stereocenters. The van der Waals surface area contributed by atoms with Gasteiger partial charge in [-0.1, -0.05) is 19.9 Å². The molecule has 0 aromatic carbocycles. The molecule has 0 radical (unpaired) electrons. The van der Waals surface area contributed by atoms with Gasteiger partial charge in [-0.3, -0.25) is 9.59 Å². The van der Waals surface area contributed by atoms with Crippen LogP contribution >= 0.6 is 11.3 Å². The predicted octanol–water partition coefficient (Wildman–Crippen LogP) is 5.27. The van der Waals surface area contributed by atoms with Crippen molar-refractivity contribution in [3.8, 4) is 21.8 Å². The van der Waals surface area contributed by atoms with Crippen molar-refractivity contribution < 1.29 is 18.4 Å². The van der Waals surface area contributed by atoms with Crippen LogP contribution in [0.5, 0.6) is 0 Å². The SMILES string of the molecule is CCN(CC)[C@@H](C)CCC(=O)c1cc(-c2cnn3ccc(-c4cccs4)nc23)nc(N2CC[C@H]2C(=O)N2CC(F)(F)C2)c1. The van der Waals surface area contributed by atoms with Crippen molar-refractivity contribution in [2.24, 2.45) is 0 Å². The maximum atomic E-state index is 13.6. The molecular weight excluding hydrogens is 572 g/mol. The highest BCUT2D eigenvalue weighted by atomic mass is 32.1. The molecule has 9 nitrogen and oxygen atoms in total. The minimum atomic E-state index is -2.83. The number of likely N-dealkylation sites (tertiary alicyclic amines) is 1. The van der Waals surface area contributed by atoms with Crippen molar-refractivity contribution >= 4 is 34.5 Å². The summed E-state index contributed by atoms with van der Waals surface area (Å²) in [6, 6.07) is 9.05. The number of nitrogens with zero attached hydrogens (tertiary/aromatic N) is 7. The van der Waals surface area contributed by atoms with Gasteiger partial charge in [0.05, 0.1) is 41.1 Å². The summed E-state index contributed by atoms with van der Waals surface area (Å²) < 4.78 is 28.7. The second-order valence-corrected chi connectivity index (χ2v) is 12.2. The Morgan fingerprint density at radius 3 is 2.58 bits per heavy atom. The second kappa shape index (κ2) is 11.7. The van der Waals surface area contributed by atoms with Crippen LogP contribution in [-0.2, 0) is 4.79 Å². The third kappa shape index (κ3) is 5.77. The zero-order valence-corrected chi connectivity index (χ0v) is 25.4. The number of hydrogen-bond donors (Lipinski definition) is 0. The number of amides is 1. The van der Waals surface area contributed by atoms with Crippen LogP contribution in [0.2, 0.25) is 0 Å². The molecule has 12 heteroatoms. The number of hydrogen-bond acceptors (Lipinski definition) is 8. The number of Topliss-reactive ketones (excluding diaryl/α,β-unsaturated/α-hetero) is 1. The summed E-state index contributed by atoms with van der Waals surface area (Å²) in [6.07, 6.45) is 5.15. The van der Waals surface area contributed by atoms with Crippen LogP contribution in [0.25, 0.3) is 27.5 Å². The van der Waals surface area contributed by atoms with Gasteiger partial charge in [0, 0.05) is 30.8 Å². The maximum Gasteiger partial charge on any atom is 0.282 e. The number of alkyl halides is 2. The highest BCUT2D eigenvalue weighted by Gasteiger charge is 2.50. The van der Waals surface area contributed by atoms with Crippen molar-refractivity contribution in [1.29, 1.82) is 0 Å². The molecular formula is C31H35F2N7O2S. The van der Waals surface area contributed by atoms with Crippen molar-refractivity contribution in [3.63, 3.8) is 0 Å². The third-order valence-electron chi connectivity index (χ3n) is 8.53. The van der Waals surface area contributed by atoms with Crippen LogP contribution in [0.15, 0.2) is 48.1 Å². The van der Waals surface area contributed by atoms with Gasteiger partial charge >= 0.3 is 0 Å². The molecule has 2 aliphatic rings. The Labute approximate surface area is 253 Å². The number of rotatable bonds is 11. The number of fused-ring (bicyclic) bond motifs is 1. The average molecular weight is 608 g/mol. The average Bonchev–Trinajstić information content (AvgIpc) is 3.64. The fourth-order valence-corrected chi connectivity index (χ4v) is 6.58. The summed E-state index contributed by atoms with van der Waals surface area (Å²) in [5, 5.41) is 6.47. The number of pyridine rings is 1. The highest BCUT2D eigenvalue weighted by molar-refractivity contribution is 7.13. The molecule has 0 saturated carbocycles. The van der Waals surface area contributed by atoms with Crippen molar-refractivity contribution in [2.75, 3.05) is 37.6 Å². The normalized spacial score (nSPS) is 18.5. The first-order valence-corrected chi connectivity index (χ1v) is 15.7. The minimum absolute atomic E-state index is 0.0154. The molecule has 0 spiro atoms. The number of carbonyl (C=O) groups excluding carboxylic acids is 2. The molecule has 2 aliphatic heterocycles. The quantitative estimate of drug-likeness (QED) is 0.215. The monoisotopic (exact) mass is 607 g/mol. The summed E-state index contributed by atoms with van der Waals surface area (Å²) >= 11 is 1.59. The lowest BCUT2D eigenvalue weighted by Gasteiger charge is -2.47. The molecule has 6 heterocycles. The van der Waals surface area contributed by atoms with Crippen LogP contribution in [0.3, 0.4) is 0 Å². The number of ketones is 1. The van der Waals surface area contributed by atoms with Crippen molar-refractivity contribution in [2.45, 2.75) is 58.0 Å². The first-order valence-electron chi connectivity index (χ1n) is 14.8. The number of halogens is 2. The molecule has 0 bridgehead atoms. The van der Waals surface area contributed by atoms with Crippen LogP contribution in [0.1, 0.15) is 50.4 Å². The van der Waals surface area contributed by atoms with E-state index >= 15 is 0 Å². The summed E-state index contributed by atoms with van der Waals surface area (Å²) in [6.45, 7) is 7.62. The zero-order chi connectivity index (χ0) is 30.3. The largest absolute Gasteiger partial charge is 0.344 e. The number of aromatic nitrogens is 4. The Morgan fingerprint density at radius 1 is 1.14 bits per heavy atom. The topological polar surface area (TPSA) is 86.9 Å². The Morgan fingerprint density at radius 2 is 1.93 bits per heavy atom. The fourth-order valence-electron chi connectivity index (χ4n) is 5.88. The second-order valence-electron chi connectivity index (χ2n) is 11.3. The minimum Gasteiger partial charge on any atom is -0.344 e. The summed E-state index contributed by atoms with van der Waals surface area (Å²) in [5.41, 5.74) is 3.09. The molecule has 2 saturated heterocycles. The van der Waals surface area contributed by atoms with E-state index in [4.69, 9.17) is 9.97 Å². The van der Waals surface area contributed by atoms with Gasteiger partial charge in [-0.15, -0.1) is 11.3 Å². The number of carbonyl (C=O) groups is 2. The van der Waals surface area contributed by atoms with E-state index in [9.17, 15) is 18.4 Å². The Hall–Kier alpha value is -3.77. The number of anilines is 1. The molecule has 4 aromatic heterocycles. The molecule has 0 N–H and O–H groups in total. The molecule has 0 aliphatic carbocycles. The van der Waals surface area contributed by atoms with Gasteiger partial charge in [-0.05, 0) is 62.5 Å². The zero-order valence-electron chi connectivity index (χ0n) is 24.5. The molecule has 4 aromatic rings. The Bertz CT molecular complexity index is 1630. The van der Waals surface area contributed by atoms with Gasteiger partial charge in [-0.2, -0.15) is 5.10 Å². The van der Waals surface area contributed by atoms with E-state index in [1.807, 2.05) is 34.7 Å². The van der Waals surface area contributed by atoms with Gasteiger partial charge in [0.2, 0.25) is 5.91 Å². The van der Waals surface area contributed by atoms with E-state index in [1.165, 1.54) is 4.90 Å². The van der Waals surface area contributed by atoms with Crippen LogP contribution < -0.4 is 4.90 Å². The fraction of sp³-hybridized carbons (Fsp3) is 0.452. The van der Waals surface area contributed by atoms with Crippen LogP contribution in [-0.4, -0.2) is 91.8 Å². The lowest BCUT2D eigenvalue weighted by molar-refractivity contribution is -0.168. The summed E-state index contributed by atoms with van der Waals surface area (Å²) in [5.74, 6) is -2.70. The van der Waals surface area contributed by atoms with Crippen LogP contribution in [0.4, 0.5) is 14.6 Å². The Kier molecular flexibility index (Phi) is 7.99. The van der Waals surface area contributed by atoms with Gasteiger partial charge in [-0.25, -0.2) is 23.3 Å². The molecule has 1 amide bonds. The van der Waals surface area contributed by atoms with Gasteiger partial charge in [0.15, 0.2) is 11.4 Å². The van der Waals surface area contributed by atoms with E-state index in [0.29, 0.717) is 54.1 Å². The highest BCUT2D eigenvalue weighted by Crippen LogP contribution is 2.35. The van der Waals surface area contributed by atoms with Gasteiger partial charge in [0.1, 0.15) is 11.9 Å². The first kappa shape index (κ1) is 29.3. The van der Waals surface area contributed by atoms with E-state index in [1.54, 1.807) is 34.2 Å². The van der Waals surface area contributed by atoms with Gasteiger partial charge in [0.25, 0.3) is 5.92 Å². The lowest BCUT2D eigenvalue weighted by Crippen LogP contribution is -2.65.